The molecule has 0 unspecified atom stereocenters. The van der Waals surface area contributed by atoms with Gasteiger partial charge < -0.3 is 10.6 Å². The smallest absolute Gasteiger partial charge is 0.270 e. The van der Waals surface area contributed by atoms with Crippen LogP contribution in [0.2, 0.25) is 0 Å². The molecule has 2 aromatic carbocycles. The minimum Gasteiger partial charge on any atom is -0.354 e. The third-order valence-electron chi connectivity index (χ3n) is 4.09. The molecule has 0 radical (unpaired) electrons. The van der Waals surface area contributed by atoms with E-state index in [4.69, 9.17) is 0 Å². The summed E-state index contributed by atoms with van der Waals surface area (Å²) in [6, 6.07) is 19.6. The number of carbonyl (C=O) groups is 1. The van der Waals surface area contributed by atoms with Gasteiger partial charge >= 0.3 is 0 Å². The Bertz CT molecular complexity index is 858. The van der Waals surface area contributed by atoms with Crippen molar-refractivity contribution in [3.8, 4) is 0 Å². The zero-order valence-electron chi connectivity index (χ0n) is 14.4. The van der Waals surface area contributed by atoms with E-state index in [0.717, 1.165) is 16.9 Å². The van der Waals surface area contributed by atoms with Crippen molar-refractivity contribution >= 4 is 17.3 Å². The molecule has 3 rings (SSSR count). The molecule has 4 heteroatoms. The number of aromatic nitrogens is 1. The van der Waals surface area contributed by atoms with E-state index in [0.29, 0.717) is 12.2 Å². The minimum atomic E-state index is -0.179. The topological polar surface area (TPSA) is 54.0 Å². The molecule has 0 bridgehead atoms. The number of rotatable bonds is 5. The maximum Gasteiger partial charge on any atom is 0.270 e. The summed E-state index contributed by atoms with van der Waals surface area (Å²) in [5.74, 6) is -0.179. The number of carbonyl (C=O) groups excluding carboxylic acids is 1. The number of hydrogen-bond donors (Lipinski definition) is 2. The van der Waals surface area contributed by atoms with Crippen molar-refractivity contribution in [2.75, 3.05) is 5.32 Å². The summed E-state index contributed by atoms with van der Waals surface area (Å²) in [7, 11) is 0. The predicted molar refractivity (Wildman–Crippen MR) is 101 cm³/mol. The van der Waals surface area contributed by atoms with E-state index in [2.05, 4.69) is 41.6 Å². The Morgan fingerprint density at radius 2 is 1.68 bits per heavy atom. The molecule has 0 aliphatic heterocycles. The Balaban J connectivity index is 1.61. The summed E-state index contributed by atoms with van der Waals surface area (Å²) in [6.45, 7) is 4.66. The molecular formula is C21H21N3O. The summed E-state index contributed by atoms with van der Waals surface area (Å²) in [5, 5.41) is 6.18. The number of aryl methyl sites for hydroxylation is 2. The molecular weight excluding hydrogens is 310 g/mol. The summed E-state index contributed by atoms with van der Waals surface area (Å²) >= 11 is 0. The first kappa shape index (κ1) is 16.7. The molecule has 0 fully saturated rings. The molecule has 0 aliphatic carbocycles. The summed E-state index contributed by atoms with van der Waals surface area (Å²) in [4.78, 5) is 16.4. The number of nitrogens with zero attached hydrogens (tertiary/aromatic N) is 1. The molecule has 3 aromatic rings. The normalized spacial score (nSPS) is 10.3. The lowest BCUT2D eigenvalue weighted by Crippen LogP contribution is -2.23. The van der Waals surface area contributed by atoms with E-state index in [9.17, 15) is 4.79 Å². The highest BCUT2D eigenvalue weighted by atomic mass is 16.1. The van der Waals surface area contributed by atoms with Gasteiger partial charge in [-0.2, -0.15) is 0 Å². The Kier molecular flexibility index (Phi) is 5.09. The second kappa shape index (κ2) is 7.62. The quantitative estimate of drug-likeness (QED) is 0.730. The molecule has 0 aliphatic rings. The lowest BCUT2D eigenvalue weighted by atomic mass is 10.1. The molecule has 0 atom stereocenters. The zero-order valence-corrected chi connectivity index (χ0v) is 14.4. The van der Waals surface area contributed by atoms with Crippen LogP contribution in [0.3, 0.4) is 0 Å². The van der Waals surface area contributed by atoms with Gasteiger partial charge in [0.15, 0.2) is 0 Å². The van der Waals surface area contributed by atoms with Crippen LogP contribution in [0.4, 0.5) is 11.4 Å². The van der Waals surface area contributed by atoms with E-state index in [1.54, 1.807) is 12.3 Å². The van der Waals surface area contributed by atoms with Crippen LogP contribution in [-0.2, 0) is 6.54 Å². The SMILES string of the molecule is Cc1ccc(Nc2ccc(C(=O)NCc3ccccc3)nc2)cc1C. The molecule has 4 nitrogen and oxygen atoms in total. The van der Waals surface area contributed by atoms with Crippen molar-refractivity contribution in [2.24, 2.45) is 0 Å². The molecule has 1 heterocycles. The molecule has 25 heavy (non-hydrogen) atoms. The lowest BCUT2D eigenvalue weighted by molar-refractivity contribution is 0.0946. The Morgan fingerprint density at radius 1 is 0.920 bits per heavy atom. The minimum absolute atomic E-state index is 0.179. The molecule has 1 amide bonds. The van der Waals surface area contributed by atoms with Gasteiger partial charge in [0, 0.05) is 12.2 Å². The summed E-state index contributed by atoms with van der Waals surface area (Å²) in [5.41, 5.74) is 5.81. The third-order valence-corrected chi connectivity index (χ3v) is 4.09. The van der Waals surface area contributed by atoms with Gasteiger partial charge in [0.2, 0.25) is 0 Å². The zero-order chi connectivity index (χ0) is 17.6. The van der Waals surface area contributed by atoms with Crippen LogP contribution in [0.1, 0.15) is 27.2 Å². The first-order chi connectivity index (χ1) is 12.1. The molecule has 2 N–H and O–H groups in total. The standard InChI is InChI=1S/C21H21N3O/c1-15-8-9-18(12-16(15)2)24-19-10-11-20(22-14-19)21(25)23-13-17-6-4-3-5-7-17/h3-12,14,24H,13H2,1-2H3,(H,23,25). The number of hydrogen-bond acceptors (Lipinski definition) is 3. The highest BCUT2D eigenvalue weighted by Crippen LogP contribution is 2.19. The van der Waals surface area contributed by atoms with Crippen LogP contribution in [-0.4, -0.2) is 10.9 Å². The first-order valence-corrected chi connectivity index (χ1v) is 8.24. The van der Waals surface area contributed by atoms with Crippen molar-refractivity contribution < 1.29 is 4.79 Å². The fraction of sp³-hybridized carbons (Fsp3) is 0.143. The van der Waals surface area contributed by atoms with Gasteiger partial charge in [0.05, 0.1) is 11.9 Å². The number of amides is 1. The second-order valence-corrected chi connectivity index (χ2v) is 6.02. The van der Waals surface area contributed by atoms with Crippen LogP contribution in [0, 0.1) is 13.8 Å². The van der Waals surface area contributed by atoms with E-state index in [1.807, 2.05) is 42.5 Å². The van der Waals surface area contributed by atoms with Gasteiger partial charge in [-0.15, -0.1) is 0 Å². The number of benzene rings is 2. The van der Waals surface area contributed by atoms with Gasteiger partial charge in [-0.05, 0) is 54.8 Å². The van der Waals surface area contributed by atoms with Gasteiger partial charge in [-0.3, -0.25) is 4.79 Å². The van der Waals surface area contributed by atoms with E-state index in [-0.39, 0.29) is 5.91 Å². The van der Waals surface area contributed by atoms with E-state index >= 15 is 0 Å². The van der Waals surface area contributed by atoms with Crippen molar-refractivity contribution in [2.45, 2.75) is 20.4 Å². The van der Waals surface area contributed by atoms with Crippen LogP contribution < -0.4 is 10.6 Å². The highest BCUT2D eigenvalue weighted by molar-refractivity contribution is 5.92. The second-order valence-electron chi connectivity index (χ2n) is 6.02. The number of pyridine rings is 1. The van der Waals surface area contributed by atoms with Crippen LogP contribution in [0.15, 0.2) is 66.9 Å². The van der Waals surface area contributed by atoms with E-state index in [1.165, 1.54) is 11.1 Å². The first-order valence-electron chi connectivity index (χ1n) is 8.24. The number of nitrogens with one attached hydrogen (secondary N) is 2. The fourth-order valence-electron chi connectivity index (χ4n) is 2.46. The van der Waals surface area contributed by atoms with Crippen molar-refractivity contribution in [1.29, 1.82) is 0 Å². The van der Waals surface area contributed by atoms with Crippen LogP contribution in [0.25, 0.3) is 0 Å². The molecule has 0 spiro atoms. The van der Waals surface area contributed by atoms with Crippen molar-refractivity contribution in [3.05, 3.63) is 89.2 Å². The van der Waals surface area contributed by atoms with Crippen LogP contribution >= 0.6 is 0 Å². The summed E-state index contributed by atoms with van der Waals surface area (Å²) in [6.07, 6.45) is 1.67. The van der Waals surface area contributed by atoms with Gasteiger partial charge in [-0.25, -0.2) is 4.98 Å². The maximum absolute atomic E-state index is 12.2. The largest absolute Gasteiger partial charge is 0.354 e. The molecule has 0 saturated heterocycles. The Labute approximate surface area is 147 Å². The molecule has 126 valence electrons. The fourth-order valence-corrected chi connectivity index (χ4v) is 2.46. The van der Waals surface area contributed by atoms with Gasteiger partial charge in [0.1, 0.15) is 5.69 Å². The maximum atomic E-state index is 12.2. The van der Waals surface area contributed by atoms with Crippen molar-refractivity contribution in [1.82, 2.24) is 10.3 Å². The highest BCUT2D eigenvalue weighted by Gasteiger charge is 2.07. The average Bonchev–Trinajstić information content (AvgIpc) is 2.64. The molecule has 0 saturated carbocycles. The van der Waals surface area contributed by atoms with Crippen LogP contribution in [0.5, 0.6) is 0 Å². The monoisotopic (exact) mass is 331 g/mol. The van der Waals surface area contributed by atoms with Gasteiger partial charge in [0.25, 0.3) is 5.91 Å². The predicted octanol–water partition coefficient (Wildman–Crippen LogP) is 4.37. The number of anilines is 2. The molecule has 1 aromatic heterocycles. The lowest BCUT2D eigenvalue weighted by Gasteiger charge is -2.09. The van der Waals surface area contributed by atoms with Crippen molar-refractivity contribution in [3.63, 3.8) is 0 Å². The van der Waals surface area contributed by atoms with Gasteiger partial charge in [-0.1, -0.05) is 36.4 Å². The summed E-state index contributed by atoms with van der Waals surface area (Å²) < 4.78 is 0. The average molecular weight is 331 g/mol. The third kappa shape index (κ3) is 4.44. The Morgan fingerprint density at radius 3 is 2.36 bits per heavy atom. The van der Waals surface area contributed by atoms with E-state index < -0.39 is 0 Å². The Hall–Kier alpha value is -3.14.